The summed E-state index contributed by atoms with van der Waals surface area (Å²) in [7, 11) is 0. The smallest absolute Gasteiger partial charge is 0.250 e. The molecule has 0 N–H and O–H groups in total. The van der Waals surface area contributed by atoms with Crippen LogP contribution in [0.15, 0.2) is 70.3 Å². The van der Waals surface area contributed by atoms with Crippen LogP contribution in [0.2, 0.25) is 0 Å². The van der Waals surface area contributed by atoms with E-state index >= 15 is 0 Å². The molecule has 0 unspecified atom stereocenters. The van der Waals surface area contributed by atoms with Crippen molar-refractivity contribution in [3.63, 3.8) is 0 Å². The highest BCUT2D eigenvalue weighted by Crippen LogP contribution is 2.28. The monoisotopic (exact) mass is 318 g/mol. The van der Waals surface area contributed by atoms with E-state index in [1.54, 1.807) is 0 Å². The van der Waals surface area contributed by atoms with Crippen LogP contribution in [-0.4, -0.2) is 26.2 Å². The van der Waals surface area contributed by atoms with E-state index in [0.29, 0.717) is 11.3 Å². The number of nitrogens with zero attached hydrogens (tertiary/aromatic N) is 2. The molecule has 120 valence electrons. The van der Waals surface area contributed by atoms with Crippen LogP contribution in [0.1, 0.15) is 0 Å². The maximum Gasteiger partial charge on any atom is 0.250 e. The minimum atomic E-state index is -0.360. The molecule has 1 aliphatic heterocycles. The zero-order valence-electron chi connectivity index (χ0n) is 13.3. The lowest BCUT2D eigenvalue weighted by atomic mass is 9.97. The third-order valence-corrected chi connectivity index (χ3v) is 4.66. The minimum Gasteiger partial charge on any atom is -0.368 e. The van der Waals surface area contributed by atoms with Crippen molar-refractivity contribution in [2.75, 3.05) is 36.0 Å². The molecule has 1 saturated heterocycles. The first-order valence-electron chi connectivity index (χ1n) is 8.19. The second-order valence-electron chi connectivity index (χ2n) is 6.06. The van der Waals surface area contributed by atoms with E-state index in [4.69, 9.17) is 0 Å². The van der Waals surface area contributed by atoms with Gasteiger partial charge in [0.25, 0.3) is 0 Å². The Balaban J connectivity index is 1.56. The summed E-state index contributed by atoms with van der Waals surface area (Å²) in [5.74, 6) is 0. The summed E-state index contributed by atoms with van der Waals surface area (Å²) in [6.07, 6.45) is 0. The molecule has 1 aliphatic rings. The molecule has 0 bridgehead atoms. The van der Waals surface area contributed by atoms with Gasteiger partial charge >= 0.3 is 0 Å². The molecule has 0 spiro atoms. The van der Waals surface area contributed by atoms with E-state index < -0.39 is 0 Å². The average Bonchev–Trinajstić information content (AvgIpc) is 2.67. The van der Waals surface area contributed by atoms with Crippen LogP contribution in [0.5, 0.6) is 0 Å². The van der Waals surface area contributed by atoms with Crippen molar-refractivity contribution in [1.29, 1.82) is 0 Å². The molecule has 4 nitrogen and oxygen atoms in total. The standard InChI is InChI=1S/C20H18N2O2/c23-19-17(15-7-3-1-4-8-15)18(20(19)24)22-13-11-21(12-14-22)16-9-5-2-6-10-16/h1-10H,11-14H2. The van der Waals surface area contributed by atoms with E-state index in [0.717, 1.165) is 31.7 Å². The normalized spacial score (nSPS) is 15.0. The van der Waals surface area contributed by atoms with Gasteiger partial charge in [0, 0.05) is 31.9 Å². The quantitative estimate of drug-likeness (QED) is 0.695. The molecule has 0 aliphatic carbocycles. The zero-order valence-corrected chi connectivity index (χ0v) is 13.3. The second kappa shape index (κ2) is 5.96. The van der Waals surface area contributed by atoms with Crippen molar-refractivity contribution in [2.24, 2.45) is 0 Å². The SMILES string of the molecule is O=c1c(-c2ccccc2)c(N2CCN(c3ccccc3)CC2)c1=O. The number of rotatable bonds is 3. The number of anilines is 2. The zero-order chi connectivity index (χ0) is 16.5. The first-order valence-corrected chi connectivity index (χ1v) is 8.19. The van der Waals surface area contributed by atoms with Crippen LogP contribution in [0.3, 0.4) is 0 Å². The Morgan fingerprint density at radius 2 is 1.17 bits per heavy atom. The predicted octanol–water partition coefficient (Wildman–Crippen LogP) is 2.28. The maximum absolute atomic E-state index is 12.1. The van der Waals surface area contributed by atoms with Crippen molar-refractivity contribution in [2.45, 2.75) is 0 Å². The summed E-state index contributed by atoms with van der Waals surface area (Å²) in [5, 5.41) is 0. The maximum atomic E-state index is 12.1. The summed E-state index contributed by atoms with van der Waals surface area (Å²) in [6.45, 7) is 3.19. The molecule has 1 fully saturated rings. The van der Waals surface area contributed by atoms with Crippen molar-refractivity contribution in [1.82, 2.24) is 0 Å². The fourth-order valence-electron chi connectivity index (χ4n) is 3.38. The van der Waals surface area contributed by atoms with Gasteiger partial charge in [-0.2, -0.15) is 0 Å². The van der Waals surface area contributed by atoms with Crippen LogP contribution in [0.25, 0.3) is 11.1 Å². The van der Waals surface area contributed by atoms with Gasteiger partial charge in [-0.05, 0) is 17.7 Å². The van der Waals surface area contributed by atoms with E-state index in [2.05, 4.69) is 21.9 Å². The number of piperazine rings is 1. The molecule has 0 amide bonds. The largest absolute Gasteiger partial charge is 0.368 e. The summed E-state index contributed by atoms with van der Waals surface area (Å²) >= 11 is 0. The molecule has 4 rings (SSSR count). The number of benzene rings is 2. The highest BCUT2D eigenvalue weighted by atomic mass is 16.2. The number of para-hydroxylation sites is 1. The van der Waals surface area contributed by atoms with Gasteiger partial charge in [0.1, 0.15) is 5.69 Å². The van der Waals surface area contributed by atoms with Gasteiger partial charge in [-0.1, -0.05) is 48.5 Å². The fourth-order valence-corrected chi connectivity index (χ4v) is 3.38. The van der Waals surface area contributed by atoms with Crippen LogP contribution < -0.4 is 20.7 Å². The van der Waals surface area contributed by atoms with Crippen LogP contribution in [0.4, 0.5) is 11.4 Å². The molecule has 3 aromatic rings. The lowest BCUT2D eigenvalue weighted by Gasteiger charge is -2.38. The van der Waals surface area contributed by atoms with Gasteiger partial charge in [-0.15, -0.1) is 0 Å². The van der Waals surface area contributed by atoms with Gasteiger partial charge in [-0.25, -0.2) is 0 Å². The fraction of sp³-hybridized carbons (Fsp3) is 0.200. The summed E-state index contributed by atoms with van der Waals surface area (Å²) in [5.41, 5.74) is 2.50. The van der Waals surface area contributed by atoms with Crippen molar-refractivity contribution in [3.05, 3.63) is 81.1 Å². The van der Waals surface area contributed by atoms with Gasteiger partial charge in [-0.3, -0.25) is 9.59 Å². The Labute approximate surface area is 140 Å². The molecule has 0 atom stereocenters. The van der Waals surface area contributed by atoms with E-state index in [1.165, 1.54) is 5.69 Å². The summed E-state index contributed by atoms with van der Waals surface area (Å²) in [6, 6.07) is 19.7. The Kier molecular flexibility index (Phi) is 3.65. The Bertz CT molecular complexity index is 904. The molecule has 3 aromatic carbocycles. The Morgan fingerprint density at radius 1 is 0.625 bits per heavy atom. The predicted molar refractivity (Wildman–Crippen MR) is 97.7 cm³/mol. The average molecular weight is 318 g/mol. The second-order valence-corrected chi connectivity index (χ2v) is 6.06. The molecule has 0 saturated carbocycles. The minimum absolute atomic E-state index is 0.345. The molecule has 0 radical (unpaired) electrons. The van der Waals surface area contributed by atoms with Gasteiger partial charge in [0.05, 0.1) is 5.56 Å². The van der Waals surface area contributed by atoms with Gasteiger partial charge in [0.2, 0.25) is 10.9 Å². The van der Waals surface area contributed by atoms with Crippen molar-refractivity contribution >= 4 is 11.4 Å². The van der Waals surface area contributed by atoms with E-state index in [1.807, 2.05) is 48.5 Å². The third kappa shape index (κ3) is 2.40. The molecule has 4 heteroatoms. The van der Waals surface area contributed by atoms with Gasteiger partial charge in [0.15, 0.2) is 0 Å². The molecular weight excluding hydrogens is 300 g/mol. The Hall–Kier alpha value is -2.88. The van der Waals surface area contributed by atoms with Crippen LogP contribution in [-0.2, 0) is 0 Å². The first kappa shape index (κ1) is 14.7. The van der Waals surface area contributed by atoms with E-state index in [-0.39, 0.29) is 10.9 Å². The summed E-state index contributed by atoms with van der Waals surface area (Å²) in [4.78, 5) is 28.6. The van der Waals surface area contributed by atoms with Crippen LogP contribution in [0, 0.1) is 0 Å². The Morgan fingerprint density at radius 3 is 1.79 bits per heavy atom. The number of hydrogen-bond acceptors (Lipinski definition) is 4. The third-order valence-electron chi connectivity index (χ3n) is 4.66. The van der Waals surface area contributed by atoms with E-state index in [9.17, 15) is 9.59 Å². The van der Waals surface area contributed by atoms with Crippen molar-refractivity contribution < 1.29 is 0 Å². The highest BCUT2D eigenvalue weighted by molar-refractivity contribution is 5.82. The lowest BCUT2D eigenvalue weighted by molar-refractivity contribution is 0.651. The topological polar surface area (TPSA) is 40.6 Å². The molecule has 1 heterocycles. The first-order chi connectivity index (χ1) is 11.8. The molecule has 0 aromatic heterocycles. The molecular formula is C20H18N2O2. The summed E-state index contributed by atoms with van der Waals surface area (Å²) < 4.78 is 0. The van der Waals surface area contributed by atoms with Gasteiger partial charge < -0.3 is 9.80 Å². The number of hydrogen-bond donors (Lipinski definition) is 0. The lowest BCUT2D eigenvalue weighted by Crippen LogP contribution is -2.51. The van der Waals surface area contributed by atoms with Crippen LogP contribution >= 0.6 is 0 Å². The van der Waals surface area contributed by atoms with Crippen molar-refractivity contribution in [3.8, 4) is 11.1 Å². The molecule has 24 heavy (non-hydrogen) atoms. The highest BCUT2D eigenvalue weighted by Gasteiger charge is 2.29.